The van der Waals surface area contributed by atoms with E-state index in [1.165, 1.54) is 24.3 Å². The van der Waals surface area contributed by atoms with E-state index in [9.17, 15) is 14.7 Å². The van der Waals surface area contributed by atoms with Crippen molar-refractivity contribution in [1.82, 2.24) is 35.4 Å². The molecule has 12 nitrogen and oxygen atoms in total. The molecule has 2 aromatic heterocycles. The van der Waals surface area contributed by atoms with E-state index in [4.69, 9.17) is 9.47 Å². The lowest BCUT2D eigenvalue weighted by molar-refractivity contribution is -0.138. The van der Waals surface area contributed by atoms with Crippen LogP contribution in [-0.4, -0.2) is 79.9 Å². The number of ether oxygens (including phenoxy) is 2. The predicted octanol–water partition coefficient (Wildman–Crippen LogP) is 0.291. The first-order valence-corrected chi connectivity index (χ1v) is 11.3. The molecule has 2 fully saturated rings. The van der Waals surface area contributed by atoms with Gasteiger partial charge in [-0.1, -0.05) is 0 Å². The third-order valence-corrected chi connectivity index (χ3v) is 7.13. The van der Waals surface area contributed by atoms with Gasteiger partial charge in [0, 0.05) is 23.9 Å². The molecule has 1 spiro atoms. The molecule has 3 aliphatic rings. The third kappa shape index (κ3) is 3.72. The molecule has 0 bridgehead atoms. The number of aliphatic hydroxyl groups excluding tert-OH is 1. The number of carbonyl (C=O) groups is 2. The Kier molecular flexibility index (Phi) is 5.78. The largest absolute Gasteiger partial charge is 0.496 e. The Bertz CT molecular complexity index is 1130. The summed E-state index contributed by atoms with van der Waals surface area (Å²) in [4.78, 5) is 31.8. The summed E-state index contributed by atoms with van der Waals surface area (Å²) >= 11 is 0. The van der Waals surface area contributed by atoms with Crippen LogP contribution in [0.2, 0.25) is 0 Å². The van der Waals surface area contributed by atoms with Crippen molar-refractivity contribution in [2.24, 2.45) is 5.41 Å². The summed E-state index contributed by atoms with van der Waals surface area (Å²) in [5.74, 6) is 0.497. The highest BCUT2D eigenvalue weighted by Gasteiger charge is 2.54. The van der Waals surface area contributed by atoms with Gasteiger partial charge < -0.3 is 24.8 Å². The summed E-state index contributed by atoms with van der Waals surface area (Å²) < 4.78 is 12.1. The molecule has 2 saturated heterocycles. The normalized spacial score (nSPS) is 23.0. The summed E-state index contributed by atoms with van der Waals surface area (Å²) in [5, 5.41) is 25.6. The zero-order valence-electron chi connectivity index (χ0n) is 19.1. The van der Waals surface area contributed by atoms with Gasteiger partial charge >= 0.3 is 5.97 Å². The lowest BCUT2D eigenvalue weighted by Crippen LogP contribution is -2.43. The maximum atomic E-state index is 13.7. The fourth-order valence-corrected chi connectivity index (χ4v) is 5.26. The van der Waals surface area contributed by atoms with Crippen LogP contribution in [0.15, 0.2) is 29.9 Å². The lowest BCUT2D eigenvalue weighted by atomic mass is 9.76. The van der Waals surface area contributed by atoms with Gasteiger partial charge in [0.25, 0.3) is 0 Å². The first-order chi connectivity index (χ1) is 16.4. The van der Waals surface area contributed by atoms with E-state index in [-0.39, 0.29) is 25.0 Å². The molecule has 12 heteroatoms. The van der Waals surface area contributed by atoms with E-state index in [0.29, 0.717) is 34.8 Å². The maximum Gasteiger partial charge on any atom is 0.336 e. The monoisotopic (exact) mass is 469 g/mol. The Labute approximate surface area is 195 Å². The number of aromatic nitrogens is 5. The first kappa shape index (κ1) is 22.4. The van der Waals surface area contributed by atoms with Gasteiger partial charge in [-0.3, -0.25) is 4.79 Å². The molecule has 2 atom stereocenters. The van der Waals surface area contributed by atoms with Crippen molar-refractivity contribution in [3.63, 3.8) is 0 Å². The zero-order valence-corrected chi connectivity index (χ0v) is 19.1. The smallest absolute Gasteiger partial charge is 0.336 e. The molecule has 1 unspecified atom stereocenters. The Morgan fingerprint density at radius 1 is 1.35 bits per heavy atom. The number of likely N-dealkylation sites (tertiary alicyclic amines) is 1. The minimum absolute atomic E-state index is 0.0120. The van der Waals surface area contributed by atoms with Crippen molar-refractivity contribution in [2.75, 3.05) is 26.8 Å². The molecule has 2 N–H and O–H groups in total. The number of methoxy groups -OCH3 is 1. The molecule has 1 amide bonds. The molecule has 180 valence electrons. The van der Waals surface area contributed by atoms with E-state index in [1.807, 2.05) is 0 Å². The quantitative estimate of drug-likeness (QED) is 0.566. The summed E-state index contributed by atoms with van der Waals surface area (Å²) in [6.45, 7) is 3.28. The van der Waals surface area contributed by atoms with Gasteiger partial charge in [0.05, 0.1) is 29.9 Å². The predicted molar refractivity (Wildman–Crippen MR) is 117 cm³/mol. The number of hydrogen-bond acceptors (Lipinski definition) is 10. The maximum absolute atomic E-state index is 13.7. The Morgan fingerprint density at radius 2 is 2.15 bits per heavy atom. The minimum Gasteiger partial charge on any atom is -0.496 e. The highest BCUT2D eigenvalue weighted by atomic mass is 16.5. The number of esters is 1. The van der Waals surface area contributed by atoms with Gasteiger partial charge in [0.1, 0.15) is 18.7 Å². The van der Waals surface area contributed by atoms with Crippen molar-refractivity contribution >= 4 is 11.9 Å². The summed E-state index contributed by atoms with van der Waals surface area (Å²) in [6, 6.07) is 1.36. The fourth-order valence-electron chi connectivity index (χ4n) is 5.26. The van der Waals surface area contributed by atoms with Gasteiger partial charge in [-0.2, -0.15) is 4.68 Å². The molecule has 0 radical (unpaired) electrons. The number of pyridine rings is 1. The topological polar surface area (TPSA) is 145 Å². The van der Waals surface area contributed by atoms with Crippen LogP contribution in [-0.2, 0) is 14.3 Å². The van der Waals surface area contributed by atoms with Crippen LogP contribution >= 0.6 is 0 Å². The highest BCUT2D eigenvalue weighted by Crippen LogP contribution is 2.48. The van der Waals surface area contributed by atoms with Crippen molar-refractivity contribution in [3.05, 3.63) is 35.4 Å². The molecular formula is C22H27N7O5. The van der Waals surface area contributed by atoms with Gasteiger partial charge in [0.2, 0.25) is 5.91 Å². The Morgan fingerprint density at radius 3 is 2.79 bits per heavy atom. The van der Waals surface area contributed by atoms with E-state index < -0.39 is 17.5 Å². The van der Waals surface area contributed by atoms with E-state index in [0.717, 1.165) is 25.9 Å². The number of carbonyl (C=O) groups excluding carboxylic acids is 2. The number of nitrogens with one attached hydrogen (secondary N) is 1. The van der Waals surface area contributed by atoms with E-state index in [2.05, 4.69) is 25.8 Å². The summed E-state index contributed by atoms with van der Waals surface area (Å²) in [7, 11) is 1.51. The van der Waals surface area contributed by atoms with Crippen LogP contribution in [0.3, 0.4) is 0 Å². The number of piperidine rings is 1. The Hall–Kier alpha value is -3.38. The summed E-state index contributed by atoms with van der Waals surface area (Å²) in [6.07, 6.45) is 4.33. The fraction of sp³-hybridized carbons (Fsp3) is 0.545. The minimum atomic E-state index is -0.943. The molecular weight excluding hydrogens is 442 g/mol. The van der Waals surface area contributed by atoms with Gasteiger partial charge in [-0.05, 0) is 56.1 Å². The molecule has 5 heterocycles. The number of rotatable bonds is 6. The van der Waals surface area contributed by atoms with Crippen LogP contribution in [0.4, 0.5) is 0 Å². The second-order valence-corrected chi connectivity index (χ2v) is 9.00. The SMILES string of the molecule is COc1cc(-n2cnnn2)ncc1[C@H](O)CC1CC2(CCNCC2)C(=O)N1C1=C(C)C(=O)OC1. The van der Waals surface area contributed by atoms with Gasteiger partial charge in [-0.25, -0.2) is 9.78 Å². The first-order valence-electron chi connectivity index (χ1n) is 11.3. The van der Waals surface area contributed by atoms with Crippen LogP contribution in [0.5, 0.6) is 5.75 Å². The van der Waals surface area contributed by atoms with Gasteiger partial charge in [-0.15, -0.1) is 5.10 Å². The average molecular weight is 470 g/mol. The van der Waals surface area contributed by atoms with Crippen LogP contribution in [0, 0.1) is 5.41 Å². The number of hydrogen-bond donors (Lipinski definition) is 2. The van der Waals surface area contributed by atoms with Crippen LogP contribution < -0.4 is 10.1 Å². The number of tetrazole rings is 1. The molecule has 0 aromatic carbocycles. The van der Waals surface area contributed by atoms with Crippen LogP contribution in [0.25, 0.3) is 5.82 Å². The number of nitrogens with zero attached hydrogens (tertiary/aromatic N) is 6. The molecule has 2 aromatic rings. The second-order valence-electron chi connectivity index (χ2n) is 9.00. The number of aliphatic hydroxyl groups is 1. The van der Waals surface area contributed by atoms with Gasteiger partial charge in [0.15, 0.2) is 5.82 Å². The molecule has 0 saturated carbocycles. The Balaban J connectivity index is 1.44. The zero-order chi connectivity index (χ0) is 23.9. The molecule has 3 aliphatic heterocycles. The molecule has 34 heavy (non-hydrogen) atoms. The lowest BCUT2D eigenvalue weighted by Gasteiger charge is -2.32. The van der Waals surface area contributed by atoms with Crippen molar-refractivity contribution in [1.29, 1.82) is 0 Å². The number of amides is 1. The molecule has 0 aliphatic carbocycles. The summed E-state index contributed by atoms with van der Waals surface area (Å²) in [5.41, 5.74) is 1.05. The standard InChI is InChI=1S/C22H27N7O5/c1-13-16(11-34-20(13)31)29-14(9-22(21(29)32)3-5-23-6-4-22)7-17(30)15-10-24-19(8-18(15)33-2)28-12-25-26-27-28/h8,10,12,14,17,23,30H,3-7,9,11H2,1-2H3/t14?,17-/m1/s1. The third-order valence-electron chi connectivity index (χ3n) is 7.13. The van der Waals surface area contributed by atoms with E-state index in [1.54, 1.807) is 17.9 Å². The van der Waals surface area contributed by atoms with E-state index >= 15 is 0 Å². The molecule has 5 rings (SSSR count). The second kappa shape index (κ2) is 8.76. The van der Waals surface area contributed by atoms with Crippen LogP contribution in [0.1, 0.15) is 44.3 Å². The average Bonchev–Trinajstić information content (AvgIpc) is 3.55. The van der Waals surface area contributed by atoms with Crippen molar-refractivity contribution in [2.45, 2.75) is 44.8 Å². The van der Waals surface area contributed by atoms with Crippen molar-refractivity contribution in [3.8, 4) is 11.6 Å². The number of cyclic esters (lactones) is 1. The highest BCUT2D eigenvalue weighted by molar-refractivity contribution is 5.94. The van der Waals surface area contributed by atoms with Crippen molar-refractivity contribution < 1.29 is 24.2 Å².